The lowest BCUT2D eigenvalue weighted by molar-refractivity contribution is -0.137. The smallest absolute Gasteiger partial charge is 0.295 e. The van der Waals surface area contributed by atoms with E-state index in [1.807, 2.05) is 5.01 Å². The van der Waals surface area contributed by atoms with Crippen LogP contribution >= 0.6 is 0 Å². The molecule has 6 heteroatoms. The van der Waals surface area contributed by atoms with Crippen molar-refractivity contribution in [1.29, 1.82) is 0 Å². The molecular weight excluding hydrogens is 375 g/mol. The van der Waals surface area contributed by atoms with Gasteiger partial charge >= 0.3 is 6.18 Å². The lowest BCUT2D eigenvalue weighted by Crippen LogP contribution is -2.43. The molecule has 4 rings (SSSR count). The summed E-state index contributed by atoms with van der Waals surface area (Å²) in [6.07, 6.45) is -2.68. The Labute approximate surface area is 168 Å². The number of hydrogen-bond donors (Lipinski definition) is 0. The zero-order valence-corrected chi connectivity index (χ0v) is 15.9. The quantitative estimate of drug-likeness (QED) is 0.577. The molecule has 1 saturated heterocycles. The minimum Gasteiger partial charge on any atom is -0.295 e. The summed E-state index contributed by atoms with van der Waals surface area (Å²) in [4.78, 5) is 2.41. The zero-order chi connectivity index (χ0) is 20.3. The van der Waals surface area contributed by atoms with Crippen LogP contribution in [0.25, 0.3) is 10.8 Å². The lowest BCUT2D eigenvalue weighted by Gasteiger charge is -2.33. The first-order chi connectivity index (χ1) is 14.0. The molecule has 3 nitrogen and oxygen atoms in total. The largest absolute Gasteiger partial charge is 0.416 e. The van der Waals surface area contributed by atoms with Crippen LogP contribution in [0.3, 0.4) is 0 Å². The fraction of sp³-hybridized carbons (Fsp3) is 0.261. The van der Waals surface area contributed by atoms with E-state index in [1.165, 1.54) is 28.5 Å². The fourth-order valence-electron chi connectivity index (χ4n) is 3.59. The highest BCUT2D eigenvalue weighted by atomic mass is 19.4. The van der Waals surface area contributed by atoms with Gasteiger partial charge in [-0.2, -0.15) is 18.3 Å². The van der Waals surface area contributed by atoms with E-state index in [2.05, 4.69) is 52.5 Å². The molecule has 0 spiro atoms. The Bertz CT molecular complexity index is 983. The number of fused-ring (bicyclic) bond motifs is 1. The Kier molecular flexibility index (Phi) is 5.53. The molecule has 0 aromatic heterocycles. The molecule has 0 atom stereocenters. The van der Waals surface area contributed by atoms with Gasteiger partial charge in [-0.05, 0) is 34.0 Å². The maximum atomic E-state index is 12.6. The summed E-state index contributed by atoms with van der Waals surface area (Å²) >= 11 is 0. The Morgan fingerprint density at radius 1 is 0.828 bits per heavy atom. The number of halogens is 3. The third kappa shape index (κ3) is 4.77. The summed E-state index contributed by atoms with van der Waals surface area (Å²) in [6.45, 7) is 4.28. The SMILES string of the molecule is FC(F)(F)c1ccc(/C=N\N2CCN(Cc3cccc4ccccc34)CC2)cc1. The Balaban J connectivity index is 1.33. The summed E-state index contributed by atoms with van der Waals surface area (Å²) in [5, 5.41) is 8.95. The third-order valence-electron chi connectivity index (χ3n) is 5.23. The predicted molar refractivity (Wildman–Crippen MR) is 110 cm³/mol. The standard InChI is InChI=1S/C23H22F3N3/c24-23(25,26)21-10-8-18(9-11-21)16-27-29-14-12-28(13-15-29)17-20-6-3-5-19-4-1-2-7-22(19)20/h1-11,16H,12-15,17H2/b27-16-. The molecule has 1 heterocycles. The van der Waals surface area contributed by atoms with E-state index in [-0.39, 0.29) is 0 Å². The van der Waals surface area contributed by atoms with Gasteiger partial charge in [-0.15, -0.1) is 0 Å². The van der Waals surface area contributed by atoms with Crippen molar-refractivity contribution < 1.29 is 13.2 Å². The van der Waals surface area contributed by atoms with Crippen LogP contribution in [0.2, 0.25) is 0 Å². The van der Waals surface area contributed by atoms with Crippen molar-refractivity contribution in [3.05, 3.63) is 83.4 Å². The molecule has 0 bridgehead atoms. The van der Waals surface area contributed by atoms with E-state index in [0.717, 1.165) is 44.9 Å². The second kappa shape index (κ2) is 8.25. The number of piperazine rings is 1. The second-order valence-corrected chi connectivity index (χ2v) is 7.23. The summed E-state index contributed by atoms with van der Waals surface area (Å²) < 4.78 is 37.9. The van der Waals surface area contributed by atoms with Crippen molar-refractivity contribution in [2.24, 2.45) is 5.10 Å². The molecule has 0 amide bonds. The van der Waals surface area contributed by atoms with E-state index in [4.69, 9.17) is 0 Å². The van der Waals surface area contributed by atoms with Crippen molar-refractivity contribution >= 4 is 17.0 Å². The van der Waals surface area contributed by atoms with Gasteiger partial charge in [0.15, 0.2) is 0 Å². The first-order valence-corrected chi connectivity index (χ1v) is 9.64. The van der Waals surface area contributed by atoms with Gasteiger partial charge in [0.2, 0.25) is 0 Å². The van der Waals surface area contributed by atoms with Crippen LogP contribution in [-0.2, 0) is 12.7 Å². The van der Waals surface area contributed by atoms with E-state index in [9.17, 15) is 13.2 Å². The van der Waals surface area contributed by atoms with Gasteiger partial charge in [-0.25, -0.2) is 0 Å². The molecule has 150 valence electrons. The van der Waals surface area contributed by atoms with Gasteiger partial charge in [-0.3, -0.25) is 9.91 Å². The molecule has 0 radical (unpaired) electrons. The summed E-state index contributed by atoms with van der Waals surface area (Å²) in [5.41, 5.74) is 1.35. The zero-order valence-electron chi connectivity index (χ0n) is 15.9. The van der Waals surface area contributed by atoms with Crippen LogP contribution in [0, 0.1) is 0 Å². The first kappa shape index (κ1) is 19.5. The number of nitrogens with zero attached hydrogens (tertiary/aromatic N) is 3. The molecule has 0 aliphatic carbocycles. The van der Waals surface area contributed by atoms with Crippen molar-refractivity contribution in [2.75, 3.05) is 26.2 Å². The van der Waals surface area contributed by atoms with Crippen molar-refractivity contribution in [2.45, 2.75) is 12.7 Å². The molecular formula is C23H22F3N3. The van der Waals surface area contributed by atoms with Gasteiger partial charge in [0.05, 0.1) is 11.8 Å². The molecule has 29 heavy (non-hydrogen) atoms. The van der Waals surface area contributed by atoms with Crippen molar-refractivity contribution in [3.8, 4) is 0 Å². The summed E-state index contributed by atoms with van der Waals surface area (Å²) in [6, 6.07) is 19.9. The average Bonchev–Trinajstić information content (AvgIpc) is 2.73. The van der Waals surface area contributed by atoms with E-state index in [0.29, 0.717) is 5.56 Å². The van der Waals surface area contributed by atoms with Crippen LogP contribution in [0.4, 0.5) is 13.2 Å². The molecule has 0 N–H and O–H groups in total. The third-order valence-corrected chi connectivity index (χ3v) is 5.23. The van der Waals surface area contributed by atoms with Gasteiger partial charge in [0, 0.05) is 32.7 Å². The van der Waals surface area contributed by atoms with Gasteiger partial charge in [0.25, 0.3) is 0 Å². The number of rotatable bonds is 4. The molecule has 1 aliphatic rings. The maximum absolute atomic E-state index is 12.6. The lowest BCUT2D eigenvalue weighted by atomic mass is 10.0. The van der Waals surface area contributed by atoms with Crippen LogP contribution < -0.4 is 0 Å². The highest BCUT2D eigenvalue weighted by Crippen LogP contribution is 2.29. The van der Waals surface area contributed by atoms with Crippen LogP contribution in [0.5, 0.6) is 0 Å². The summed E-state index contributed by atoms with van der Waals surface area (Å²) in [7, 11) is 0. The molecule has 3 aromatic rings. The Morgan fingerprint density at radius 2 is 1.52 bits per heavy atom. The number of alkyl halides is 3. The van der Waals surface area contributed by atoms with Crippen LogP contribution in [0.1, 0.15) is 16.7 Å². The number of benzene rings is 3. The molecule has 0 unspecified atom stereocenters. The van der Waals surface area contributed by atoms with Crippen LogP contribution in [0.15, 0.2) is 71.8 Å². The molecule has 1 fully saturated rings. The monoisotopic (exact) mass is 397 g/mol. The predicted octanol–water partition coefficient (Wildman–Crippen LogP) is 5.01. The fourth-order valence-corrected chi connectivity index (χ4v) is 3.59. The van der Waals surface area contributed by atoms with Crippen LogP contribution in [-0.4, -0.2) is 42.3 Å². The van der Waals surface area contributed by atoms with Gasteiger partial charge in [0.1, 0.15) is 0 Å². The Morgan fingerprint density at radius 3 is 2.24 bits per heavy atom. The van der Waals surface area contributed by atoms with E-state index < -0.39 is 11.7 Å². The van der Waals surface area contributed by atoms with Crippen molar-refractivity contribution in [1.82, 2.24) is 9.91 Å². The highest BCUT2D eigenvalue weighted by Gasteiger charge is 2.29. The topological polar surface area (TPSA) is 18.8 Å². The summed E-state index contributed by atoms with van der Waals surface area (Å²) in [5.74, 6) is 0. The van der Waals surface area contributed by atoms with E-state index >= 15 is 0 Å². The number of hydrogen-bond acceptors (Lipinski definition) is 3. The van der Waals surface area contributed by atoms with Crippen molar-refractivity contribution in [3.63, 3.8) is 0 Å². The molecule has 1 aliphatic heterocycles. The minimum atomic E-state index is -4.31. The van der Waals surface area contributed by atoms with Gasteiger partial charge in [-0.1, -0.05) is 54.6 Å². The maximum Gasteiger partial charge on any atom is 0.416 e. The number of hydrazone groups is 1. The first-order valence-electron chi connectivity index (χ1n) is 9.64. The molecule has 3 aromatic carbocycles. The average molecular weight is 397 g/mol. The normalized spacial score (nSPS) is 16.0. The Hall–Kier alpha value is -2.86. The minimum absolute atomic E-state index is 0.642. The highest BCUT2D eigenvalue weighted by molar-refractivity contribution is 5.85. The molecule has 0 saturated carbocycles. The van der Waals surface area contributed by atoms with E-state index in [1.54, 1.807) is 6.21 Å². The second-order valence-electron chi connectivity index (χ2n) is 7.23. The van der Waals surface area contributed by atoms with Gasteiger partial charge < -0.3 is 0 Å².